The standard InChI is InChI=1S/C10H20O5.CH2O3/c1-6-7-9(2,3)14-15-10(4,5)13-8(11)12;2-1(3)4/h6-7H2,1-5H3,(H,11,12);(H2,2,3,4). The molecule has 0 saturated carbocycles. The molecule has 0 aromatic rings. The Morgan fingerprint density at radius 3 is 1.74 bits per heavy atom. The summed E-state index contributed by atoms with van der Waals surface area (Å²) in [5.41, 5.74) is -0.451. The van der Waals surface area contributed by atoms with Gasteiger partial charge in [-0.2, -0.15) is 4.89 Å². The second-order valence-electron chi connectivity index (χ2n) is 4.73. The minimum atomic E-state index is -1.83. The Labute approximate surface area is 111 Å². The van der Waals surface area contributed by atoms with Crippen LogP contribution in [0.4, 0.5) is 9.59 Å². The molecular weight excluding hydrogens is 260 g/mol. The first kappa shape index (κ1) is 19.8. The predicted molar refractivity (Wildman–Crippen MR) is 65.0 cm³/mol. The molecule has 8 heteroatoms. The highest BCUT2D eigenvalue weighted by molar-refractivity contribution is 5.57. The third-order valence-corrected chi connectivity index (χ3v) is 1.65. The summed E-state index contributed by atoms with van der Waals surface area (Å²) in [7, 11) is 0. The van der Waals surface area contributed by atoms with Crippen molar-refractivity contribution in [1.82, 2.24) is 0 Å². The van der Waals surface area contributed by atoms with E-state index in [2.05, 4.69) is 4.74 Å². The van der Waals surface area contributed by atoms with Crippen LogP contribution in [0.1, 0.15) is 47.5 Å². The van der Waals surface area contributed by atoms with Gasteiger partial charge in [0.25, 0.3) is 0 Å². The van der Waals surface area contributed by atoms with Crippen LogP contribution < -0.4 is 0 Å². The summed E-state index contributed by atoms with van der Waals surface area (Å²) in [5.74, 6) is -1.29. The van der Waals surface area contributed by atoms with E-state index in [9.17, 15) is 4.79 Å². The average molecular weight is 282 g/mol. The summed E-state index contributed by atoms with van der Waals surface area (Å²) < 4.78 is 4.48. The first-order chi connectivity index (χ1) is 8.42. The minimum Gasteiger partial charge on any atom is -0.450 e. The van der Waals surface area contributed by atoms with E-state index in [1.54, 1.807) is 0 Å². The number of carboxylic acid groups (broad SMARTS) is 3. The fraction of sp³-hybridized carbons (Fsp3) is 0.818. The molecule has 0 atom stereocenters. The van der Waals surface area contributed by atoms with Crippen molar-refractivity contribution in [3.63, 3.8) is 0 Å². The molecule has 0 amide bonds. The van der Waals surface area contributed by atoms with Crippen LogP contribution in [0, 0.1) is 0 Å². The van der Waals surface area contributed by atoms with E-state index >= 15 is 0 Å². The zero-order valence-electron chi connectivity index (χ0n) is 11.8. The molecule has 0 aliphatic heterocycles. The maximum Gasteiger partial charge on any atom is 0.508 e. The topological polar surface area (TPSA) is 123 Å². The van der Waals surface area contributed by atoms with E-state index in [-0.39, 0.29) is 0 Å². The highest BCUT2D eigenvalue weighted by Crippen LogP contribution is 2.21. The highest BCUT2D eigenvalue weighted by atomic mass is 17.2. The lowest BCUT2D eigenvalue weighted by atomic mass is 10.0. The Morgan fingerprint density at radius 1 is 1.00 bits per heavy atom. The fourth-order valence-corrected chi connectivity index (χ4v) is 1.08. The normalized spacial score (nSPS) is 11.2. The van der Waals surface area contributed by atoms with Gasteiger partial charge < -0.3 is 20.1 Å². The van der Waals surface area contributed by atoms with Crippen LogP contribution in [0.3, 0.4) is 0 Å². The van der Waals surface area contributed by atoms with Gasteiger partial charge >= 0.3 is 12.3 Å². The molecule has 0 heterocycles. The second kappa shape index (κ2) is 8.54. The lowest BCUT2D eigenvalue weighted by Gasteiger charge is -2.29. The van der Waals surface area contributed by atoms with Crippen molar-refractivity contribution in [3.05, 3.63) is 0 Å². The first-order valence-electron chi connectivity index (χ1n) is 5.62. The van der Waals surface area contributed by atoms with Gasteiger partial charge in [0.15, 0.2) is 0 Å². The quantitative estimate of drug-likeness (QED) is 0.294. The first-order valence-corrected chi connectivity index (χ1v) is 5.62. The van der Waals surface area contributed by atoms with Gasteiger partial charge in [0.2, 0.25) is 5.79 Å². The maximum absolute atomic E-state index is 10.3. The summed E-state index contributed by atoms with van der Waals surface area (Å²) in [6.45, 7) is 8.72. The summed E-state index contributed by atoms with van der Waals surface area (Å²) in [6.07, 6.45) is -1.45. The molecule has 8 nitrogen and oxygen atoms in total. The van der Waals surface area contributed by atoms with Gasteiger partial charge in [-0.3, -0.25) is 0 Å². The molecular formula is C11H22O8. The van der Waals surface area contributed by atoms with E-state index in [4.69, 9.17) is 29.9 Å². The lowest BCUT2D eigenvalue weighted by Crippen LogP contribution is -2.35. The third kappa shape index (κ3) is 16.5. The van der Waals surface area contributed by atoms with Gasteiger partial charge in [-0.25, -0.2) is 14.5 Å². The van der Waals surface area contributed by atoms with Crippen LogP contribution >= 0.6 is 0 Å². The van der Waals surface area contributed by atoms with Gasteiger partial charge in [-0.05, 0) is 20.3 Å². The Balaban J connectivity index is 0. The van der Waals surface area contributed by atoms with E-state index in [0.29, 0.717) is 0 Å². The van der Waals surface area contributed by atoms with Crippen molar-refractivity contribution in [1.29, 1.82) is 0 Å². The van der Waals surface area contributed by atoms with E-state index in [1.165, 1.54) is 13.8 Å². The van der Waals surface area contributed by atoms with E-state index in [0.717, 1.165) is 12.8 Å². The number of hydrogen-bond acceptors (Lipinski definition) is 5. The van der Waals surface area contributed by atoms with Gasteiger partial charge in [0.05, 0.1) is 5.60 Å². The summed E-state index contributed by atoms with van der Waals surface area (Å²) >= 11 is 0. The summed E-state index contributed by atoms with van der Waals surface area (Å²) in [5, 5.41) is 22.4. The smallest absolute Gasteiger partial charge is 0.450 e. The van der Waals surface area contributed by atoms with Crippen molar-refractivity contribution in [2.45, 2.75) is 58.8 Å². The van der Waals surface area contributed by atoms with Crippen LogP contribution in [0.25, 0.3) is 0 Å². The molecule has 0 radical (unpaired) electrons. The summed E-state index contributed by atoms with van der Waals surface area (Å²) in [6, 6.07) is 0. The Bertz CT molecular complexity index is 280. The molecule has 3 N–H and O–H groups in total. The number of ether oxygens (including phenoxy) is 1. The molecule has 114 valence electrons. The largest absolute Gasteiger partial charge is 0.508 e. The van der Waals surface area contributed by atoms with Crippen LogP contribution in [0.2, 0.25) is 0 Å². The fourth-order valence-electron chi connectivity index (χ4n) is 1.08. The molecule has 0 aliphatic rings. The number of hydrogen-bond donors (Lipinski definition) is 3. The molecule has 19 heavy (non-hydrogen) atoms. The maximum atomic E-state index is 10.3. The van der Waals surface area contributed by atoms with Crippen LogP contribution in [0.15, 0.2) is 0 Å². The SMILES string of the molecule is CCCC(C)(C)OOC(C)(C)OC(=O)O.O=C(O)O. The minimum absolute atomic E-state index is 0.451. The molecule has 0 rings (SSSR count). The predicted octanol–water partition coefficient (Wildman–Crippen LogP) is 3.17. The van der Waals surface area contributed by atoms with E-state index in [1.807, 2.05) is 20.8 Å². The number of rotatable bonds is 6. The Hall–Kier alpha value is -1.54. The zero-order chi connectivity index (χ0) is 15.7. The lowest BCUT2D eigenvalue weighted by molar-refractivity contribution is -0.444. The van der Waals surface area contributed by atoms with Crippen LogP contribution in [0.5, 0.6) is 0 Å². The molecule has 0 spiro atoms. The summed E-state index contributed by atoms with van der Waals surface area (Å²) in [4.78, 5) is 29.0. The molecule has 0 bridgehead atoms. The third-order valence-electron chi connectivity index (χ3n) is 1.65. The van der Waals surface area contributed by atoms with Crippen molar-refractivity contribution in [2.24, 2.45) is 0 Å². The van der Waals surface area contributed by atoms with Crippen LogP contribution in [-0.2, 0) is 14.5 Å². The van der Waals surface area contributed by atoms with Crippen molar-refractivity contribution in [3.8, 4) is 0 Å². The second-order valence-corrected chi connectivity index (χ2v) is 4.73. The molecule has 0 unspecified atom stereocenters. The molecule has 0 aromatic carbocycles. The molecule has 0 aromatic heterocycles. The van der Waals surface area contributed by atoms with Gasteiger partial charge in [-0.1, -0.05) is 13.3 Å². The molecule has 0 saturated heterocycles. The van der Waals surface area contributed by atoms with Crippen molar-refractivity contribution in [2.75, 3.05) is 0 Å². The van der Waals surface area contributed by atoms with Gasteiger partial charge in [0.1, 0.15) is 0 Å². The molecule has 0 fully saturated rings. The monoisotopic (exact) mass is 282 g/mol. The average Bonchev–Trinajstić information content (AvgIpc) is 2.12. The number of carbonyl (C=O) groups is 2. The van der Waals surface area contributed by atoms with Crippen LogP contribution in [-0.4, -0.2) is 39.0 Å². The zero-order valence-corrected chi connectivity index (χ0v) is 11.8. The highest BCUT2D eigenvalue weighted by Gasteiger charge is 2.29. The van der Waals surface area contributed by atoms with E-state index < -0.39 is 23.7 Å². The van der Waals surface area contributed by atoms with Gasteiger partial charge in [-0.15, -0.1) is 0 Å². The van der Waals surface area contributed by atoms with Gasteiger partial charge in [0, 0.05) is 13.8 Å². The Morgan fingerprint density at radius 2 is 1.42 bits per heavy atom. The Kier molecular flexibility index (Phi) is 8.90. The molecule has 0 aliphatic carbocycles. The van der Waals surface area contributed by atoms with Crippen molar-refractivity contribution >= 4 is 12.3 Å². The van der Waals surface area contributed by atoms with Crippen molar-refractivity contribution < 1.29 is 39.4 Å².